The molecular formula is C26H26N4O3. The molecule has 7 heteroatoms. The monoisotopic (exact) mass is 442 g/mol. The maximum Gasteiger partial charge on any atom is 0.511 e. The first-order valence-corrected chi connectivity index (χ1v) is 10.9. The van der Waals surface area contributed by atoms with E-state index in [4.69, 9.17) is 9.84 Å². The van der Waals surface area contributed by atoms with Crippen LogP contribution in [0.5, 0.6) is 5.75 Å². The van der Waals surface area contributed by atoms with E-state index in [1.54, 1.807) is 18.3 Å². The molecular weight excluding hydrogens is 416 g/mol. The molecule has 3 aromatic rings. The molecule has 0 saturated carbocycles. The molecule has 168 valence electrons. The van der Waals surface area contributed by atoms with Gasteiger partial charge in [0, 0.05) is 43.1 Å². The second kappa shape index (κ2) is 9.61. The SMILES string of the molecule is Cc1nccc(OC(=O)O)c1NC[C@@H]1CCCc2cc(N(C)c3cccc(C#N)c3)ccc21. The lowest BCUT2D eigenvalue weighted by Gasteiger charge is -2.29. The Hall–Kier alpha value is -4.05. The topological polar surface area (TPSA) is 98.5 Å². The Labute approximate surface area is 193 Å². The molecule has 1 aromatic heterocycles. The zero-order valence-corrected chi connectivity index (χ0v) is 18.7. The minimum atomic E-state index is -1.34. The molecule has 0 spiro atoms. The zero-order valence-electron chi connectivity index (χ0n) is 18.7. The summed E-state index contributed by atoms with van der Waals surface area (Å²) in [6.07, 6.45) is 3.35. The molecule has 2 aromatic carbocycles. The van der Waals surface area contributed by atoms with Gasteiger partial charge in [-0.15, -0.1) is 0 Å². The van der Waals surface area contributed by atoms with Gasteiger partial charge in [-0.2, -0.15) is 5.26 Å². The maximum absolute atomic E-state index is 11.0. The number of aromatic nitrogens is 1. The molecule has 1 aliphatic carbocycles. The van der Waals surface area contributed by atoms with Crippen molar-refractivity contribution in [3.8, 4) is 11.8 Å². The highest BCUT2D eigenvalue weighted by Gasteiger charge is 2.22. The first-order valence-electron chi connectivity index (χ1n) is 10.9. The normalized spacial score (nSPS) is 14.6. The van der Waals surface area contributed by atoms with Gasteiger partial charge in [-0.25, -0.2) is 4.79 Å². The van der Waals surface area contributed by atoms with Crippen LogP contribution in [0.2, 0.25) is 0 Å². The third-order valence-corrected chi connectivity index (χ3v) is 6.14. The minimum absolute atomic E-state index is 0.266. The van der Waals surface area contributed by atoms with E-state index in [0.29, 0.717) is 29.4 Å². The molecule has 7 nitrogen and oxygen atoms in total. The molecule has 0 bridgehead atoms. The molecule has 1 aliphatic rings. The summed E-state index contributed by atoms with van der Waals surface area (Å²) < 4.78 is 4.92. The second-order valence-corrected chi connectivity index (χ2v) is 8.21. The van der Waals surface area contributed by atoms with Gasteiger partial charge in [0.05, 0.1) is 23.0 Å². The number of nitrogens with one attached hydrogen (secondary N) is 1. The number of rotatable bonds is 6. The van der Waals surface area contributed by atoms with Gasteiger partial charge in [-0.1, -0.05) is 12.1 Å². The number of carboxylic acid groups (broad SMARTS) is 1. The molecule has 2 N–H and O–H groups in total. The van der Waals surface area contributed by atoms with E-state index >= 15 is 0 Å². The number of benzene rings is 2. The highest BCUT2D eigenvalue weighted by atomic mass is 16.7. The van der Waals surface area contributed by atoms with Gasteiger partial charge in [-0.3, -0.25) is 4.98 Å². The van der Waals surface area contributed by atoms with Crippen molar-refractivity contribution in [3.63, 3.8) is 0 Å². The lowest BCUT2D eigenvalue weighted by atomic mass is 9.82. The van der Waals surface area contributed by atoms with Crippen molar-refractivity contribution in [1.82, 2.24) is 4.98 Å². The fraction of sp³-hybridized carbons (Fsp3) is 0.269. The minimum Gasteiger partial charge on any atom is -0.449 e. The predicted octanol–water partition coefficient (Wildman–Crippen LogP) is 5.62. The van der Waals surface area contributed by atoms with Crippen molar-refractivity contribution < 1.29 is 14.6 Å². The number of ether oxygens (including phenoxy) is 1. The highest BCUT2D eigenvalue weighted by Crippen LogP contribution is 2.36. The van der Waals surface area contributed by atoms with Gasteiger partial charge in [0.25, 0.3) is 0 Å². The fourth-order valence-electron chi connectivity index (χ4n) is 4.42. The van der Waals surface area contributed by atoms with Crippen LogP contribution in [-0.4, -0.2) is 29.8 Å². The van der Waals surface area contributed by atoms with E-state index in [9.17, 15) is 10.1 Å². The van der Waals surface area contributed by atoms with Crippen molar-refractivity contribution in [1.29, 1.82) is 5.26 Å². The van der Waals surface area contributed by atoms with Crippen LogP contribution in [0, 0.1) is 18.3 Å². The summed E-state index contributed by atoms with van der Waals surface area (Å²) in [5.74, 6) is 0.565. The van der Waals surface area contributed by atoms with Crippen LogP contribution >= 0.6 is 0 Å². The molecule has 4 rings (SSSR count). The Bertz CT molecular complexity index is 1220. The number of carbonyl (C=O) groups is 1. The van der Waals surface area contributed by atoms with Gasteiger partial charge in [-0.05, 0) is 67.6 Å². The largest absolute Gasteiger partial charge is 0.511 e. The summed E-state index contributed by atoms with van der Waals surface area (Å²) in [7, 11) is 2.01. The van der Waals surface area contributed by atoms with Crippen LogP contribution in [0.3, 0.4) is 0 Å². The molecule has 1 atom stereocenters. The smallest absolute Gasteiger partial charge is 0.449 e. The lowest BCUT2D eigenvalue weighted by Crippen LogP contribution is -2.20. The summed E-state index contributed by atoms with van der Waals surface area (Å²) in [4.78, 5) is 17.4. The third-order valence-electron chi connectivity index (χ3n) is 6.14. The molecule has 0 saturated heterocycles. The van der Waals surface area contributed by atoms with Crippen molar-refractivity contribution >= 4 is 23.2 Å². The summed E-state index contributed by atoms with van der Waals surface area (Å²) in [5.41, 5.74) is 6.62. The predicted molar refractivity (Wildman–Crippen MR) is 127 cm³/mol. The number of aryl methyl sites for hydroxylation is 2. The van der Waals surface area contributed by atoms with Crippen LogP contribution < -0.4 is 15.0 Å². The Morgan fingerprint density at radius 3 is 2.88 bits per heavy atom. The summed E-state index contributed by atoms with van der Waals surface area (Å²) in [6, 6.07) is 17.9. The van der Waals surface area contributed by atoms with Crippen LogP contribution in [-0.2, 0) is 6.42 Å². The number of hydrogen-bond acceptors (Lipinski definition) is 6. The quantitative estimate of drug-likeness (QED) is 0.478. The van der Waals surface area contributed by atoms with Crippen molar-refractivity contribution in [2.24, 2.45) is 0 Å². The van der Waals surface area contributed by atoms with Crippen LogP contribution in [0.1, 0.15) is 41.1 Å². The Balaban J connectivity index is 1.54. The van der Waals surface area contributed by atoms with E-state index in [1.165, 1.54) is 11.1 Å². The average molecular weight is 443 g/mol. The number of pyridine rings is 1. The Kier molecular flexibility index (Phi) is 6.45. The maximum atomic E-state index is 11.0. The van der Waals surface area contributed by atoms with Crippen molar-refractivity contribution in [3.05, 3.63) is 77.1 Å². The van der Waals surface area contributed by atoms with Crippen LogP contribution in [0.15, 0.2) is 54.7 Å². The molecule has 1 heterocycles. The van der Waals surface area contributed by atoms with E-state index in [2.05, 4.69) is 39.5 Å². The van der Waals surface area contributed by atoms with Crippen molar-refractivity contribution in [2.45, 2.75) is 32.1 Å². The molecule has 33 heavy (non-hydrogen) atoms. The summed E-state index contributed by atoms with van der Waals surface area (Å²) in [5, 5.41) is 21.6. The molecule has 0 radical (unpaired) electrons. The highest BCUT2D eigenvalue weighted by molar-refractivity contribution is 5.69. The molecule has 0 unspecified atom stereocenters. The van der Waals surface area contributed by atoms with Gasteiger partial charge in [0.15, 0.2) is 5.75 Å². The number of fused-ring (bicyclic) bond motifs is 1. The van der Waals surface area contributed by atoms with E-state index in [-0.39, 0.29) is 5.75 Å². The number of anilines is 3. The number of nitrogens with zero attached hydrogens (tertiary/aromatic N) is 3. The zero-order chi connectivity index (χ0) is 23.4. The van der Waals surface area contributed by atoms with E-state index < -0.39 is 6.16 Å². The van der Waals surface area contributed by atoms with Crippen LogP contribution in [0.25, 0.3) is 0 Å². The van der Waals surface area contributed by atoms with Gasteiger partial charge < -0.3 is 20.1 Å². The molecule has 0 fully saturated rings. The van der Waals surface area contributed by atoms with E-state index in [1.807, 2.05) is 32.2 Å². The first-order chi connectivity index (χ1) is 16.0. The lowest BCUT2D eigenvalue weighted by molar-refractivity contribution is 0.144. The first kappa shape index (κ1) is 22.2. The van der Waals surface area contributed by atoms with Gasteiger partial charge in [0.2, 0.25) is 0 Å². The fourth-order valence-corrected chi connectivity index (χ4v) is 4.42. The Morgan fingerprint density at radius 1 is 1.27 bits per heavy atom. The van der Waals surface area contributed by atoms with Gasteiger partial charge in [0.1, 0.15) is 0 Å². The third kappa shape index (κ3) is 4.90. The number of hydrogen-bond donors (Lipinski definition) is 2. The average Bonchev–Trinajstić information content (AvgIpc) is 2.82. The Morgan fingerprint density at radius 2 is 2.09 bits per heavy atom. The second-order valence-electron chi connectivity index (χ2n) is 8.21. The summed E-state index contributed by atoms with van der Waals surface area (Å²) in [6.45, 7) is 2.49. The number of nitriles is 1. The summed E-state index contributed by atoms with van der Waals surface area (Å²) >= 11 is 0. The molecule has 0 aliphatic heterocycles. The van der Waals surface area contributed by atoms with Crippen LogP contribution in [0.4, 0.5) is 21.9 Å². The van der Waals surface area contributed by atoms with Crippen molar-refractivity contribution in [2.75, 3.05) is 23.8 Å². The van der Waals surface area contributed by atoms with Gasteiger partial charge >= 0.3 is 6.16 Å². The standard InChI is InChI=1S/C26H26N4O3/c1-17-25(24(11-12-28-17)33-26(31)32)29-16-20-7-4-6-19-14-22(9-10-23(19)20)30(2)21-8-3-5-18(13-21)15-27/h3,5,8-14,20,29H,4,6-7,16H2,1-2H3,(H,31,32)/t20-/m0/s1. The molecule has 0 amide bonds. The van der Waals surface area contributed by atoms with E-state index in [0.717, 1.165) is 30.6 Å².